The van der Waals surface area contributed by atoms with Crippen molar-refractivity contribution in [1.29, 1.82) is 0 Å². The van der Waals surface area contributed by atoms with Crippen molar-refractivity contribution in [3.05, 3.63) is 35.6 Å². The van der Waals surface area contributed by atoms with E-state index in [4.69, 9.17) is 18.0 Å². The maximum Gasteiger partial charge on any atom is 0.226 e. The number of hydrogen-bond acceptors (Lipinski definition) is 2. The van der Waals surface area contributed by atoms with E-state index in [1.54, 1.807) is 24.1 Å². The molecule has 98 valence electrons. The zero-order valence-electron chi connectivity index (χ0n) is 10.5. The van der Waals surface area contributed by atoms with E-state index in [-0.39, 0.29) is 24.1 Å². The van der Waals surface area contributed by atoms with Crippen molar-refractivity contribution in [2.45, 2.75) is 13.3 Å². The van der Waals surface area contributed by atoms with Crippen molar-refractivity contribution in [3.63, 3.8) is 0 Å². The predicted octanol–water partition coefficient (Wildman–Crippen LogP) is 1.75. The lowest BCUT2D eigenvalue weighted by Gasteiger charge is -2.21. The van der Waals surface area contributed by atoms with Gasteiger partial charge in [-0.25, -0.2) is 4.39 Å². The third-order valence-corrected chi connectivity index (χ3v) is 3.13. The fourth-order valence-electron chi connectivity index (χ4n) is 1.51. The number of likely N-dealkylation sites (N-methyl/N-ethyl adjacent to an activating group) is 1. The molecule has 5 heteroatoms. The van der Waals surface area contributed by atoms with Gasteiger partial charge in [0.1, 0.15) is 5.82 Å². The zero-order chi connectivity index (χ0) is 13.7. The van der Waals surface area contributed by atoms with Crippen molar-refractivity contribution in [3.8, 4) is 0 Å². The minimum absolute atomic E-state index is 0.0119. The number of amides is 1. The van der Waals surface area contributed by atoms with Crippen molar-refractivity contribution in [2.24, 2.45) is 11.7 Å². The number of nitrogens with zero attached hydrogens (tertiary/aromatic N) is 1. The quantitative estimate of drug-likeness (QED) is 0.828. The summed E-state index contributed by atoms with van der Waals surface area (Å²) in [6.45, 7) is 2.37. The molecule has 1 unspecified atom stereocenters. The average Bonchev–Trinajstić information content (AvgIpc) is 2.31. The van der Waals surface area contributed by atoms with Gasteiger partial charge in [0.2, 0.25) is 5.91 Å². The van der Waals surface area contributed by atoms with Crippen molar-refractivity contribution in [2.75, 3.05) is 13.6 Å². The van der Waals surface area contributed by atoms with Gasteiger partial charge in [0.25, 0.3) is 0 Å². The Morgan fingerprint density at radius 3 is 2.50 bits per heavy atom. The molecule has 1 aromatic carbocycles. The number of halogens is 1. The van der Waals surface area contributed by atoms with E-state index in [0.29, 0.717) is 11.5 Å². The smallest absolute Gasteiger partial charge is 0.226 e. The summed E-state index contributed by atoms with van der Waals surface area (Å²) in [5.74, 6) is -0.353. The van der Waals surface area contributed by atoms with Gasteiger partial charge in [-0.1, -0.05) is 31.3 Å². The Morgan fingerprint density at radius 2 is 2.00 bits per heavy atom. The molecule has 2 N–H and O–H groups in total. The number of carbonyl (C=O) groups is 1. The Labute approximate surface area is 112 Å². The molecule has 1 rings (SSSR count). The second-order valence-corrected chi connectivity index (χ2v) is 4.85. The number of carbonyl (C=O) groups excluding carboxylic acids is 1. The van der Waals surface area contributed by atoms with Crippen molar-refractivity contribution < 1.29 is 9.18 Å². The first kappa shape index (κ1) is 14.6. The summed E-state index contributed by atoms with van der Waals surface area (Å²) in [6.07, 6.45) is 0.251. The lowest BCUT2D eigenvalue weighted by Crippen LogP contribution is -2.36. The molecular formula is C13H17FN2OS. The average molecular weight is 268 g/mol. The predicted molar refractivity (Wildman–Crippen MR) is 73.7 cm³/mol. The standard InChI is InChI=1S/C13H17FN2OS/c1-9(13(15)18)8-16(2)12(17)7-10-3-5-11(14)6-4-10/h3-6,9H,7-8H2,1-2H3,(H2,15,18). The topological polar surface area (TPSA) is 46.3 Å². The molecule has 0 bridgehead atoms. The molecule has 0 saturated carbocycles. The van der Waals surface area contributed by atoms with E-state index in [0.717, 1.165) is 5.56 Å². The van der Waals surface area contributed by atoms with E-state index in [9.17, 15) is 9.18 Å². The zero-order valence-corrected chi connectivity index (χ0v) is 11.3. The SMILES string of the molecule is CC(CN(C)C(=O)Cc1ccc(F)cc1)C(N)=S. The monoisotopic (exact) mass is 268 g/mol. The maximum atomic E-state index is 12.7. The molecule has 0 aliphatic carbocycles. The highest BCUT2D eigenvalue weighted by molar-refractivity contribution is 7.80. The molecule has 0 heterocycles. The van der Waals surface area contributed by atoms with Crippen LogP contribution in [0.1, 0.15) is 12.5 Å². The van der Waals surface area contributed by atoms with Crippen LogP contribution in [0.25, 0.3) is 0 Å². The van der Waals surface area contributed by atoms with Gasteiger partial charge in [0, 0.05) is 19.5 Å². The Bertz CT molecular complexity index is 433. The molecule has 0 saturated heterocycles. The normalized spacial score (nSPS) is 11.9. The van der Waals surface area contributed by atoms with Crippen LogP contribution in [-0.2, 0) is 11.2 Å². The van der Waals surface area contributed by atoms with Gasteiger partial charge < -0.3 is 10.6 Å². The summed E-state index contributed by atoms with van der Waals surface area (Å²) in [7, 11) is 1.71. The van der Waals surface area contributed by atoms with Gasteiger partial charge in [-0.15, -0.1) is 0 Å². The highest BCUT2D eigenvalue weighted by Crippen LogP contribution is 2.06. The first-order valence-corrected chi connectivity index (χ1v) is 6.08. The third kappa shape index (κ3) is 4.41. The van der Waals surface area contributed by atoms with Crippen molar-refractivity contribution in [1.82, 2.24) is 4.90 Å². The van der Waals surface area contributed by atoms with Crippen LogP contribution in [0, 0.1) is 11.7 Å². The molecule has 1 atom stereocenters. The Kier molecular flexibility index (Phi) is 5.22. The molecule has 1 aromatic rings. The van der Waals surface area contributed by atoms with Crippen LogP contribution < -0.4 is 5.73 Å². The second-order valence-electron chi connectivity index (χ2n) is 4.38. The summed E-state index contributed by atoms with van der Waals surface area (Å²) >= 11 is 4.87. The van der Waals surface area contributed by atoms with E-state index in [2.05, 4.69) is 0 Å². The molecule has 0 aromatic heterocycles. The minimum atomic E-state index is -0.304. The summed E-state index contributed by atoms with van der Waals surface area (Å²) < 4.78 is 12.7. The second kappa shape index (κ2) is 6.44. The van der Waals surface area contributed by atoms with E-state index >= 15 is 0 Å². The molecule has 0 aliphatic heterocycles. The van der Waals surface area contributed by atoms with E-state index in [1.165, 1.54) is 12.1 Å². The first-order valence-electron chi connectivity index (χ1n) is 5.68. The van der Waals surface area contributed by atoms with E-state index < -0.39 is 0 Å². The van der Waals surface area contributed by atoms with Crippen LogP contribution in [0.5, 0.6) is 0 Å². The molecule has 0 spiro atoms. The van der Waals surface area contributed by atoms with Crippen LogP contribution in [0.2, 0.25) is 0 Å². The fourth-order valence-corrected chi connectivity index (χ4v) is 1.59. The molecule has 3 nitrogen and oxygen atoms in total. The largest absolute Gasteiger partial charge is 0.393 e. The molecular weight excluding hydrogens is 251 g/mol. The van der Waals surface area contributed by atoms with Gasteiger partial charge in [-0.05, 0) is 17.7 Å². The van der Waals surface area contributed by atoms with Gasteiger partial charge in [-0.2, -0.15) is 0 Å². The lowest BCUT2D eigenvalue weighted by atomic mass is 10.1. The summed E-state index contributed by atoms with van der Waals surface area (Å²) in [6, 6.07) is 5.91. The molecule has 18 heavy (non-hydrogen) atoms. The molecule has 0 radical (unpaired) electrons. The lowest BCUT2D eigenvalue weighted by molar-refractivity contribution is -0.129. The number of hydrogen-bond donors (Lipinski definition) is 1. The van der Waals surface area contributed by atoms with Gasteiger partial charge in [0.05, 0.1) is 11.4 Å². The Morgan fingerprint density at radius 1 is 1.44 bits per heavy atom. The number of benzene rings is 1. The van der Waals surface area contributed by atoms with Crippen LogP contribution in [-0.4, -0.2) is 29.4 Å². The van der Waals surface area contributed by atoms with Crippen LogP contribution in [0.15, 0.2) is 24.3 Å². The number of nitrogens with two attached hydrogens (primary N) is 1. The summed E-state index contributed by atoms with van der Waals surface area (Å²) in [5.41, 5.74) is 6.29. The number of rotatable bonds is 5. The van der Waals surface area contributed by atoms with Crippen LogP contribution in [0.3, 0.4) is 0 Å². The Hall–Kier alpha value is -1.49. The molecule has 1 amide bonds. The fraction of sp³-hybridized carbons (Fsp3) is 0.385. The molecule has 0 aliphatic rings. The van der Waals surface area contributed by atoms with Crippen molar-refractivity contribution >= 4 is 23.1 Å². The highest BCUT2D eigenvalue weighted by Gasteiger charge is 2.14. The highest BCUT2D eigenvalue weighted by atomic mass is 32.1. The van der Waals surface area contributed by atoms with Crippen LogP contribution >= 0.6 is 12.2 Å². The summed E-state index contributed by atoms with van der Waals surface area (Å²) in [5, 5.41) is 0. The maximum absolute atomic E-state index is 12.7. The van der Waals surface area contributed by atoms with Crippen LogP contribution in [0.4, 0.5) is 4.39 Å². The Balaban J connectivity index is 2.54. The van der Waals surface area contributed by atoms with Gasteiger partial charge >= 0.3 is 0 Å². The minimum Gasteiger partial charge on any atom is -0.393 e. The van der Waals surface area contributed by atoms with E-state index in [1.807, 2.05) is 6.92 Å². The number of thiocarbonyl (C=S) groups is 1. The van der Waals surface area contributed by atoms with Gasteiger partial charge in [-0.3, -0.25) is 4.79 Å². The molecule has 0 fully saturated rings. The summed E-state index contributed by atoms with van der Waals surface area (Å²) in [4.78, 5) is 13.9. The third-order valence-electron chi connectivity index (χ3n) is 2.73. The first-order chi connectivity index (χ1) is 8.40. The van der Waals surface area contributed by atoms with Gasteiger partial charge in [0.15, 0.2) is 0 Å².